The van der Waals surface area contributed by atoms with E-state index in [1.807, 2.05) is 25.1 Å². The second-order valence-electron chi connectivity index (χ2n) is 5.53. The van der Waals surface area contributed by atoms with Crippen molar-refractivity contribution in [3.63, 3.8) is 0 Å². The molecular formula is C18H16N4S. The molecule has 0 fully saturated rings. The predicted octanol–water partition coefficient (Wildman–Crippen LogP) is 4.19. The Morgan fingerprint density at radius 3 is 2.61 bits per heavy atom. The first kappa shape index (κ1) is 14.2. The molecule has 2 aromatic carbocycles. The van der Waals surface area contributed by atoms with Gasteiger partial charge in [0.15, 0.2) is 5.65 Å². The minimum Gasteiger partial charge on any atom is -0.275 e. The summed E-state index contributed by atoms with van der Waals surface area (Å²) in [5.41, 5.74) is 5.47. The minimum atomic E-state index is 0.833. The van der Waals surface area contributed by atoms with E-state index in [1.165, 1.54) is 11.1 Å². The van der Waals surface area contributed by atoms with E-state index in [9.17, 15) is 0 Å². The summed E-state index contributed by atoms with van der Waals surface area (Å²) in [6, 6.07) is 16.6. The molecule has 0 amide bonds. The highest BCUT2D eigenvalue weighted by molar-refractivity contribution is 7.98. The van der Waals surface area contributed by atoms with Crippen LogP contribution in [0.5, 0.6) is 0 Å². The fraction of sp³-hybridized carbons (Fsp3) is 0.167. The molecule has 0 aliphatic rings. The van der Waals surface area contributed by atoms with Gasteiger partial charge in [0.25, 0.3) is 0 Å². The SMILES string of the molecule is Cc1ccccc1CSc1nc2ccccc2n2c(C)nnc12. The van der Waals surface area contributed by atoms with Gasteiger partial charge in [0.2, 0.25) is 0 Å². The first-order valence-electron chi connectivity index (χ1n) is 7.52. The lowest BCUT2D eigenvalue weighted by Crippen LogP contribution is -1.97. The van der Waals surface area contributed by atoms with Gasteiger partial charge < -0.3 is 0 Å². The molecule has 0 aliphatic heterocycles. The van der Waals surface area contributed by atoms with Crippen molar-refractivity contribution >= 4 is 28.4 Å². The Kier molecular flexibility index (Phi) is 3.50. The normalized spacial score (nSPS) is 11.4. The number of hydrogen-bond donors (Lipinski definition) is 0. The lowest BCUT2D eigenvalue weighted by Gasteiger charge is -2.08. The average Bonchev–Trinajstić information content (AvgIpc) is 2.96. The van der Waals surface area contributed by atoms with E-state index in [1.54, 1.807) is 11.8 Å². The molecule has 4 rings (SSSR count). The summed E-state index contributed by atoms with van der Waals surface area (Å²) in [5.74, 6) is 1.76. The van der Waals surface area contributed by atoms with E-state index < -0.39 is 0 Å². The Hall–Kier alpha value is -2.40. The molecule has 4 aromatic rings. The smallest absolute Gasteiger partial charge is 0.193 e. The standard InChI is InChI=1S/C18H16N4S/c1-12-7-3-4-8-14(12)11-23-18-17-21-20-13(2)22(17)16-10-6-5-9-15(16)19-18/h3-10H,11H2,1-2H3. The third kappa shape index (κ3) is 2.47. The highest BCUT2D eigenvalue weighted by Gasteiger charge is 2.13. The van der Waals surface area contributed by atoms with E-state index in [0.29, 0.717) is 0 Å². The van der Waals surface area contributed by atoms with Crippen molar-refractivity contribution in [2.75, 3.05) is 0 Å². The maximum Gasteiger partial charge on any atom is 0.193 e. The number of hydrogen-bond acceptors (Lipinski definition) is 4. The van der Waals surface area contributed by atoms with Crippen molar-refractivity contribution in [3.05, 3.63) is 65.5 Å². The van der Waals surface area contributed by atoms with E-state index >= 15 is 0 Å². The number of aryl methyl sites for hydroxylation is 2. The maximum atomic E-state index is 4.80. The van der Waals surface area contributed by atoms with Crippen molar-refractivity contribution in [3.8, 4) is 0 Å². The summed E-state index contributed by atoms with van der Waals surface area (Å²) in [6.07, 6.45) is 0. The highest BCUT2D eigenvalue weighted by Crippen LogP contribution is 2.28. The molecule has 2 heterocycles. The van der Waals surface area contributed by atoms with Gasteiger partial charge in [0, 0.05) is 5.75 Å². The molecule has 4 nitrogen and oxygen atoms in total. The average molecular weight is 320 g/mol. The van der Waals surface area contributed by atoms with Gasteiger partial charge in [-0.15, -0.1) is 10.2 Å². The highest BCUT2D eigenvalue weighted by atomic mass is 32.2. The van der Waals surface area contributed by atoms with Gasteiger partial charge in [-0.25, -0.2) is 4.98 Å². The fourth-order valence-corrected chi connectivity index (χ4v) is 3.75. The molecule has 2 aromatic heterocycles. The van der Waals surface area contributed by atoms with Gasteiger partial charge in [0.1, 0.15) is 10.9 Å². The van der Waals surface area contributed by atoms with Gasteiger partial charge in [0.05, 0.1) is 11.0 Å². The molecule has 0 aliphatic carbocycles. The van der Waals surface area contributed by atoms with Crippen LogP contribution in [0.3, 0.4) is 0 Å². The van der Waals surface area contributed by atoms with Crippen LogP contribution in [-0.2, 0) is 5.75 Å². The summed E-state index contributed by atoms with van der Waals surface area (Å²) >= 11 is 1.71. The molecule has 0 saturated heterocycles. The molecule has 0 unspecified atom stereocenters. The van der Waals surface area contributed by atoms with Gasteiger partial charge in [-0.3, -0.25) is 4.40 Å². The number of rotatable bonds is 3. The third-order valence-electron chi connectivity index (χ3n) is 3.99. The van der Waals surface area contributed by atoms with Crippen molar-refractivity contribution in [2.45, 2.75) is 24.6 Å². The Balaban J connectivity index is 1.81. The molecule has 0 saturated carbocycles. The van der Waals surface area contributed by atoms with Crippen LogP contribution in [0.2, 0.25) is 0 Å². The summed E-state index contributed by atoms with van der Waals surface area (Å²) in [6.45, 7) is 4.11. The van der Waals surface area contributed by atoms with Gasteiger partial charge in [-0.1, -0.05) is 48.2 Å². The number of benzene rings is 2. The first-order chi connectivity index (χ1) is 11.2. The Morgan fingerprint density at radius 2 is 1.74 bits per heavy atom. The second-order valence-corrected chi connectivity index (χ2v) is 6.49. The molecule has 0 radical (unpaired) electrons. The van der Waals surface area contributed by atoms with Crippen LogP contribution in [0.25, 0.3) is 16.7 Å². The number of fused-ring (bicyclic) bond motifs is 3. The maximum absolute atomic E-state index is 4.80. The third-order valence-corrected chi connectivity index (χ3v) is 4.99. The summed E-state index contributed by atoms with van der Waals surface area (Å²) < 4.78 is 2.09. The minimum absolute atomic E-state index is 0.833. The van der Waals surface area contributed by atoms with Crippen molar-refractivity contribution in [1.29, 1.82) is 0 Å². The van der Waals surface area contributed by atoms with Crippen LogP contribution in [0, 0.1) is 13.8 Å². The lowest BCUT2D eigenvalue weighted by molar-refractivity contribution is 1.02. The van der Waals surface area contributed by atoms with Gasteiger partial charge in [-0.2, -0.15) is 0 Å². The zero-order valence-electron chi connectivity index (χ0n) is 13.0. The largest absolute Gasteiger partial charge is 0.275 e. The molecule has 0 atom stereocenters. The zero-order chi connectivity index (χ0) is 15.8. The lowest BCUT2D eigenvalue weighted by atomic mass is 10.1. The van der Waals surface area contributed by atoms with Crippen molar-refractivity contribution in [1.82, 2.24) is 19.6 Å². The summed E-state index contributed by atoms with van der Waals surface area (Å²) in [5, 5.41) is 9.50. The fourth-order valence-electron chi connectivity index (χ4n) is 2.71. The Labute approximate surface area is 138 Å². The van der Waals surface area contributed by atoms with Crippen LogP contribution in [0.1, 0.15) is 17.0 Å². The van der Waals surface area contributed by atoms with E-state index in [0.717, 1.165) is 33.3 Å². The van der Waals surface area contributed by atoms with Crippen LogP contribution >= 0.6 is 11.8 Å². The van der Waals surface area contributed by atoms with Crippen LogP contribution in [0.15, 0.2) is 53.6 Å². The van der Waals surface area contributed by atoms with Gasteiger partial charge in [-0.05, 0) is 37.1 Å². The molecular weight excluding hydrogens is 304 g/mol. The molecule has 5 heteroatoms. The quantitative estimate of drug-likeness (QED) is 0.531. The van der Waals surface area contributed by atoms with Crippen LogP contribution in [-0.4, -0.2) is 19.6 Å². The molecule has 0 N–H and O–H groups in total. The number of nitrogens with zero attached hydrogens (tertiary/aromatic N) is 4. The van der Waals surface area contributed by atoms with Crippen LogP contribution in [0.4, 0.5) is 0 Å². The Bertz CT molecular complexity index is 1010. The van der Waals surface area contributed by atoms with Crippen molar-refractivity contribution in [2.24, 2.45) is 0 Å². The topological polar surface area (TPSA) is 43.1 Å². The number of thioether (sulfide) groups is 1. The molecule has 114 valence electrons. The van der Waals surface area contributed by atoms with E-state index in [2.05, 4.69) is 51.9 Å². The number of para-hydroxylation sites is 2. The molecule has 23 heavy (non-hydrogen) atoms. The van der Waals surface area contributed by atoms with Crippen LogP contribution < -0.4 is 0 Å². The number of aromatic nitrogens is 4. The summed E-state index contributed by atoms with van der Waals surface area (Å²) in [4.78, 5) is 4.80. The van der Waals surface area contributed by atoms with E-state index in [-0.39, 0.29) is 0 Å². The molecule has 0 bridgehead atoms. The zero-order valence-corrected chi connectivity index (χ0v) is 13.8. The molecule has 0 spiro atoms. The monoisotopic (exact) mass is 320 g/mol. The predicted molar refractivity (Wildman–Crippen MR) is 93.8 cm³/mol. The Morgan fingerprint density at radius 1 is 0.957 bits per heavy atom. The summed E-state index contributed by atoms with van der Waals surface area (Å²) in [7, 11) is 0. The van der Waals surface area contributed by atoms with Gasteiger partial charge >= 0.3 is 0 Å². The van der Waals surface area contributed by atoms with E-state index in [4.69, 9.17) is 4.98 Å². The second kappa shape index (κ2) is 5.66. The first-order valence-corrected chi connectivity index (χ1v) is 8.50. The van der Waals surface area contributed by atoms with Crippen molar-refractivity contribution < 1.29 is 0 Å².